The summed E-state index contributed by atoms with van der Waals surface area (Å²) < 4.78 is 4.00. The SMILES string of the molecule is CC(C)c1nnsc1C(O)Cc1cccc2ccccc12. The van der Waals surface area contributed by atoms with Crippen molar-refractivity contribution in [2.75, 3.05) is 0 Å². The van der Waals surface area contributed by atoms with Crippen molar-refractivity contribution in [1.29, 1.82) is 0 Å². The van der Waals surface area contributed by atoms with Crippen LogP contribution in [0.5, 0.6) is 0 Å². The first kappa shape index (κ1) is 14.2. The molecular formula is C17H18N2OS. The molecule has 3 nitrogen and oxygen atoms in total. The van der Waals surface area contributed by atoms with Gasteiger partial charge in [0.25, 0.3) is 0 Å². The van der Waals surface area contributed by atoms with E-state index in [9.17, 15) is 5.11 Å². The molecule has 0 amide bonds. The molecule has 2 aromatic carbocycles. The number of aliphatic hydroxyl groups is 1. The van der Waals surface area contributed by atoms with E-state index >= 15 is 0 Å². The molecule has 3 rings (SSSR count). The van der Waals surface area contributed by atoms with Crippen molar-refractivity contribution in [3.63, 3.8) is 0 Å². The van der Waals surface area contributed by atoms with E-state index in [2.05, 4.69) is 47.7 Å². The molecular weight excluding hydrogens is 280 g/mol. The van der Waals surface area contributed by atoms with E-state index in [1.165, 1.54) is 22.3 Å². The lowest BCUT2D eigenvalue weighted by atomic mass is 9.98. The standard InChI is InChI=1S/C17H18N2OS/c1-11(2)16-17(21-19-18-16)15(20)10-13-8-5-7-12-6-3-4-9-14(12)13/h3-9,11,15,20H,10H2,1-2H3. The van der Waals surface area contributed by atoms with Gasteiger partial charge in [0.05, 0.1) is 16.7 Å². The summed E-state index contributed by atoms with van der Waals surface area (Å²) in [5.41, 5.74) is 2.07. The summed E-state index contributed by atoms with van der Waals surface area (Å²) in [5, 5.41) is 17.1. The lowest BCUT2D eigenvalue weighted by Gasteiger charge is -2.13. The quantitative estimate of drug-likeness (QED) is 0.789. The average Bonchev–Trinajstić information content (AvgIpc) is 2.97. The molecule has 0 radical (unpaired) electrons. The van der Waals surface area contributed by atoms with Crippen molar-refractivity contribution >= 4 is 22.3 Å². The number of nitrogens with zero attached hydrogens (tertiary/aromatic N) is 2. The predicted octanol–water partition coefficient (Wildman–Crippen LogP) is 4.09. The largest absolute Gasteiger partial charge is 0.387 e. The Balaban J connectivity index is 1.93. The molecule has 21 heavy (non-hydrogen) atoms. The van der Waals surface area contributed by atoms with Gasteiger partial charge in [-0.15, -0.1) is 5.10 Å². The number of hydrogen-bond donors (Lipinski definition) is 1. The molecule has 1 unspecified atom stereocenters. The van der Waals surface area contributed by atoms with E-state index in [-0.39, 0.29) is 5.92 Å². The summed E-state index contributed by atoms with van der Waals surface area (Å²) in [6.45, 7) is 4.15. The number of aliphatic hydroxyl groups excluding tert-OH is 1. The van der Waals surface area contributed by atoms with Crippen LogP contribution in [0.25, 0.3) is 10.8 Å². The summed E-state index contributed by atoms with van der Waals surface area (Å²) in [5.74, 6) is 0.279. The smallest absolute Gasteiger partial charge is 0.0957 e. The zero-order valence-corrected chi connectivity index (χ0v) is 13.0. The van der Waals surface area contributed by atoms with Crippen molar-refractivity contribution < 1.29 is 5.11 Å². The van der Waals surface area contributed by atoms with Gasteiger partial charge in [0, 0.05) is 6.42 Å². The van der Waals surface area contributed by atoms with Crippen LogP contribution in [0.15, 0.2) is 42.5 Å². The minimum Gasteiger partial charge on any atom is -0.387 e. The van der Waals surface area contributed by atoms with E-state index in [1.807, 2.05) is 18.2 Å². The molecule has 1 N–H and O–H groups in total. The Labute approximate surface area is 128 Å². The van der Waals surface area contributed by atoms with Crippen LogP contribution < -0.4 is 0 Å². The molecule has 0 aliphatic heterocycles. The van der Waals surface area contributed by atoms with E-state index in [0.29, 0.717) is 6.42 Å². The summed E-state index contributed by atoms with van der Waals surface area (Å²) in [6, 6.07) is 14.5. The molecule has 0 aliphatic carbocycles. The topological polar surface area (TPSA) is 46.0 Å². The Morgan fingerprint density at radius 3 is 2.67 bits per heavy atom. The molecule has 0 bridgehead atoms. The fraction of sp³-hybridized carbons (Fsp3) is 0.294. The van der Waals surface area contributed by atoms with Crippen molar-refractivity contribution in [2.24, 2.45) is 0 Å². The molecule has 0 spiro atoms. The molecule has 1 aromatic heterocycles. The van der Waals surface area contributed by atoms with Gasteiger partial charge in [-0.1, -0.05) is 60.8 Å². The number of fused-ring (bicyclic) bond motifs is 1. The third kappa shape index (κ3) is 2.82. The minimum absolute atomic E-state index is 0.279. The zero-order chi connectivity index (χ0) is 14.8. The monoisotopic (exact) mass is 298 g/mol. The van der Waals surface area contributed by atoms with Crippen molar-refractivity contribution in [2.45, 2.75) is 32.3 Å². The van der Waals surface area contributed by atoms with Crippen LogP contribution >= 0.6 is 11.5 Å². The molecule has 1 heterocycles. The highest BCUT2D eigenvalue weighted by atomic mass is 32.1. The van der Waals surface area contributed by atoms with E-state index in [1.54, 1.807) is 0 Å². The molecule has 0 saturated heterocycles. The highest BCUT2D eigenvalue weighted by molar-refractivity contribution is 7.05. The number of aromatic nitrogens is 2. The molecule has 3 aromatic rings. The molecule has 1 atom stereocenters. The van der Waals surface area contributed by atoms with Crippen LogP contribution in [-0.2, 0) is 6.42 Å². The first-order chi connectivity index (χ1) is 10.2. The van der Waals surface area contributed by atoms with Crippen LogP contribution in [0.4, 0.5) is 0 Å². The van der Waals surface area contributed by atoms with Crippen molar-refractivity contribution in [3.8, 4) is 0 Å². The fourth-order valence-corrected chi connectivity index (χ4v) is 3.40. The summed E-state index contributed by atoms with van der Waals surface area (Å²) in [4.78, 5) is 0.887. The van der Waals surface area contributed by atoms with Gasteiger partial charge in [-0.2, -0.15) is 0 Å². The first-order valence-corrected chi connectivity index (χ1v) is 7.91. The third-order valence-corrected chi connectivity index (χ3v) is 4.52. The van der Waals surface area contributed by atoms with Gasteiger partial charge in [-0.3, -0.25) is 0 Å². The predicted molar refractivity (Wildman–Crippen MR) is 86.6 cm³/mol. The third-order valence-electron chi connectivity index (χ3n) is 3.68. The van der Waals surface area contributed by atoms with Gasteiger partial charge in [0.15, 0.2) is 0 Å². The lowest BCUT2D eigenvalue weighted by Crippen LogP contribution is -2.04. The average molecular weight is 298 g/mol. The fourth-order valence-electron chi connectivity index (χ4n) is 2.61. The normalized spacial score (nSPS) is 13.0. The molecule has 0 aliphatic rings. The van der Waals surface area contributed by atoms with E-state index < -0.39 is 6.10 Å². The van der Waals surface area contributed by atoms with Gasteiger partial charge >= 0.3 is 0 Å². The Kier molecular flexibility index (Phi) is 3.99. The summed E-state index contributed by atoms with van der Waals surface area (Å²) in [6.07, 6.45) is 0.0403. The van der Waals surface area contributed by atoms with Crippen LogP contribution in [0.1, 0.15) is 42.0 Å². The highest BCUT2D eigenvalue weighted by Gasteiger charge is 2.20. The van der Waals surface area contributed by atoms with Gasteiger partial charge < -0.3 is 5.11 Å². The Hall–Kier alpha value is -1.78. The Morgan fingerprint density at radius 1 is 1.10 bits per heavy atom. The maximum absolute atomic E-state index is 10.6. The second-order valence-corrected chi connectivity index (χ2v) is 6.32. The second-order valence-electron chi connectivity index (χ2n) is 5.54. The minimum atomic E-state index is -0.548. The maximum Gasteiger partial charge on any atom is 0.0957 e. The van der Waals surface area contributed by atoms with Gasteiger partial charge in [0.2, 0.25) is 0 Å². The zero-order valence-electron chi connectivity index (χ0n) is 12.2. The van der Waals surface area contributed by atoms with Crippen LogP contribution in [0.2, 0.25) is 0 Å². The van der Waals surface area contributed by atoms with Crippen molar-refractivity contribution in [3.05, 3.63) is 58.6 Å². The number of benzene rings is 2. The summed E-state index contributed by atoms with van der Waals surface area (Å²) in [7, 11) is 0. The molecule has 0 fully saturated rings. The second kappa shape index (κ2) is 5.92. The van der Waals surface area contributed by atoms with Gasteiger partial charge in [-0.25, -0.2) is 0 Å². The van der Waals surface area contributed by atoms with E-state index in [4.69, 9.17) is 0 Å². The lowest BCUT2D eigenvalue weighted by molar-refractivity contribution is 0.181. The first-order valence-electron chi connectivity index (χ1n) is 7.13. The highest BCUT2D eigenvalue weighted by Crippen LogP contribution is 2.30. The maximum atomic E-state index is 10.6. The molecule has 108 valence electrons. The number of rotatable bonds is 4. The van der Waals surface area contributed by atoms with Crippen LogP contribution in [-0.4, -0.2) is 14.7 Å². The van der Waals surface area contributed by atoms with Gasteiger partial charge in [0.1, 0.15) is 0 Å². The molecule has 4 heteroatoms. The van der Waals surface area contributed by atoms with E-state index in [0.717, 1.165) is 16.1 Å². The Morgan fingerprint density at radius 2 is 1.86 bits per heavy atom. The van der Waals surface area contributed by atoms with Gasteiger partial charge in [-0.05, 0) is 33.8 Å². The van der Waals surface area contributed by atoms with Crippen LogP contribution in [0.3, 0.4) is 0 Å². The number of hydrogen-bond acceptors (Lipinski definition) is 4. The molecule has 0 saturated carbocycles. The summed E-state index contributed by atoms with van der Waals surface area (Å²) >= 11 is 1.30. The Bertz CT molecular complexity index is 746. The van der Waals surface area contributed by atoms with Crippen molar-refractivity contribution in [1.82, 2.24) is 9.59 Å². The van der Waals surface area contributed by atoms with Crippen LogP contribution in [0, 0.1) is 0 Å².